The smallest absolute Gasteiger partial charge is 0.0190 e. The predicted octanol–water partition coefficient (Wildman–Crippen LogP) is 6.35. The summed E-state index contributed by atoms with van der Waals surface area (Å²) in [6.07, 6.45) is 9.21. The lowest BCUT2D eigenvalue weighted by molar-refractivity contribution is 0.608. The SMILES string of the molecule is CCCCCCCCc1cccc2cc3ccccc3c(CN)c12. The normalized spacial score (nSPS) is 11.4. The molecule has 0 aliphatic carbocycles. The molecule has 0 amide bonds. The lowest BCUT2D eigenvalue weighted by Gasteiger charge is -2.14. The maximum Gasteiger partial charge on any atom is 0.0190 e. The molecule has 2 N–H and O–H groups in total. The number of benzene rings is 3. The van der Waals surface area contributed by atoms with Crippen molar-refractivity contribution in [1.29, 1.82) is 0 Å². The lowest BCUT2D eigenvalue weighted by Crippen LogP contribution is -2.01. The molecule has 24 heavy (non-hydrogen) atoms. The first-order valence-corrected chi connectivity index (χ1v) is 9.47. The minimum atomic E-state index is 0.603. The first kappa shape index (κ1) is 17.0. The van der Waals surface area contributed by atoms with E-state index in [4.69, 9.17) is 5.73 Å². The zero-order valence-corrected chi connectivity index (χ0v) is 14.9. The molecular formula is C23H29N. The van der Waals surface area contributed by atoms with E-state index in [1.807, 2.05) is 0 Å². The number of aryl methyl sites for hydroxylation is 1. The zero-order chi connectivity index (χ0) is 16.8. The van der Waals surface area contributed by atoms with Crippen molar-refractivity contribution in [1.82, 2.24) is 0 Å². The van der Waals surface area contributed by atoms with Crippen LogP contribution in [0.5, 0.6) is 0 Å². The van der Waals surface area contributed by atoms with E-state index >= 15 is 0 Å². The molecule has 0 aromatic heterocycles. The summed E-state index contributed by atoms with van der Waals surface area (Å²) in [6.45, 7) is 2.88. The largest absolute Gasteiger partial charge is 0.326 e. The van der Waals surface area contributed by atoms with Gasteiger partial charge in [-0.05, 0) is 51.6 Å². The molecule has 1 heteroatoms. The second-order valence-electron chi connectivity index (χ2n) is 6.81. The second kappa shape index (κ2) is 8.30. The number of unbranched alkanes of at least 4 members (excludes halogenated alkanes) is 5. The molecule has 0 aliphatic rings. The molecule has 0 atom stereocenters. The molecule has 0 unspecified atom stereocenters. The minimum absolute atomic E-state index is 0.603. The third-order valence-corrected chi connectivity index (χ3v) is 5.09. The van der Waals surface area contributed by atoms with E-state index in [2.05, 4.69) is 55.5 Å². The standard InChI is InChI=1S/C23H29N/c1-2-3-4-5-6-7-11-18-13-10-14-20-16-19-12-8-9-15-21(19)22(17-24)23(18)20/h8-10,12-16H,2-7,11,17,24H2,1H3. The Bertz CT molecular complexity index is 804. The molecule has 1 nitrogen and oxygen atoms in total. The molecule has 126 valence electrons. The van der Waals surface area contributed by atoms with Crippen LogP contribution in [-0.2, 0) is 13.0 Å². The third-order valence-electron chi connectivity index (χ3n) is 5.09. The molecule has 0 aliphatic heterocycles. The second-order valence-corrected chi connectivity index (χ2v) is 6.81. The molecule has 3 rings (SSSR count). The summed E-state index contributed by atoms with van der Waals surface area (Å²) >= 11 is 0. The van der Waals surface area contributed by atoms with Crippen LogP contribution in [0.2, 0.25) is 0 Å². The summed E-state index contributed by atoms with van der Waals surface area (Å²) in [7, 11) is 0. The van der Waals surface area contributed by atoms with Gasteiger partial charge < -0.3 is 5.73 Å². The summed E-state index contributed by atoms with van der Waals surface area (Å²) in [5, 5.41) is 5.33. The van der Waals surface area contributed by atoms with Crippen LogP contribution in [0.1, 0.15) is 56.6 Å². The number of fused-ring (bicyclic) bond motifs is 2. The van der Waals surface area contributed by atoms with E-state index in [9.17, 15) is 0 Å². The van der Waals surface area contributed by atoms with Gasteiger partial charge in [0.1, 0.15) is 0 Å². The first-order valence-electron chi connectivity index (χ1n) is 9.47. The lowest BCUT2D eigenvalue weighted by atomic mass is 9.91. The Morgan fingerprint density at radius 3 is 2.38 bits per heavy atom. The van der Waals surface area contributed by atoms with Crippen molar-refractivity contribution in [2.75, 3.05) is 0 Å². The van der Waals surface area contributed by atoms with E-state index in [0.29, 0.717) is 6.54 Å². The van der Waals surface area contributed by atoms with Gasteiger partial charge in [-0.3, -0.25) is 0 Å². The summed E-state index contributed by atoms with van der Waals surface area (Å²) in [4.78, 5) is 0. The average molecular weight is 319 g/mol. The van der Waals surface area contributed by atoms with Gasteiger partial charge in [-0.2, -0.15) is 0 Å². The topological polar surface area (TPSA) is 26.0 Å². The predicted molar refractivity (Wildman–Crippen MR) is 106 cm³/mol. The van der Waals surface area contributed by atoms with Crippen LogP contribution in [0, 0.1) is 0 Å². The van der Waals surface area contributed by atoms with Crippen molar-refractivity contribution < 1.29 is 0 Å². The number of nitrogens with two attached hydrogens (primary N) is 1. The van der Waals surface area contributed by atoms with Crippen molar-refractivity contribution in [3.63, 3.8) is 0 Å². The highest BCUT2D eigenvalue weighted by Crippen LogP contribution is 2.31. The first-order chi connectivity index (χ1) is 11.8. The van der Waals surface area contributed by atoms with Gasteiger partial charge in [-0.15, -0.1) is 0 Å². The Labute approximate surface area is 145 Å². The highest BCUT2D eigenvalue weighted by molar-refractivity contribution is 6.03. The van der Waals surface area contributed by atoms with E-state index in [-0.39, 0.29) is 0 Å². The van der Waals surface area contributed by atoms with Crippen molar-refractivity contribution in [2.45, 2.75) is 58.4 Å². The van der Waals surface area contributed by atoms with Gasteiger partial charge in [-0.1, -0.05) is 81.5 Å². The Balaban J connectivity index is 1.89. The van der Waals surface area contributed by atoms with Crippen molar-refractivity contribution in [3.05, 3.63) is 59.7 Å². The molecule has 0 heterocycles. The van der Waals surface area contributed by atoms with Gasteiger partial charge >= 0.3 is 0 Å². The minimum Gasteiger partial charge on any atom is -0.326 e. The summed E-state index contributed by atoms with van der Waals surface area (Å²) in [5.74, 6) is 0. The van der Waals surface area contributed by atoms with Crippen LogP contribution in [0.25, 0.3) is 21.5 Å². The Morgan fingerprint density at radius 2 is 1.54 bits per heavy atom. The van der Waals surface area contributed by atoms with Gasteiger partial charge in [0.05, 0.1) is 0 Å². The Kier molecular flexibility index (Phi) is 5.87. The van der Waals surface area contributed by atoms with Crippen LogP contribution in [0.4, 0.5) is 0 Å². The number of hydrogen-bond acceptors (Lipinski definition) is 1. The molecule has 0 bridgehead atoms. The quantitative estimate of drug-likeness (QED) is 0.379. The fraction of sp³-hybridized carbons (Fsp3) is 0.391. The highest BCUT2D eigenvalue weighted by atomic mass is 14.5. The molecule has 3 aromatic rings. The van der Waals surface area contributed by atoms with Crippen molar-refractivity contribution in [2.24, 2.45) is 5.73 Å². The van der Waals surface area contributed by atoms with Crippen LogP contribution in [0.15, 0.2) is 48.5 Å². The molecule has 0 fully saturated rings. The van der Waals surface area contributed by atoms with Gasteiger partial charge in [0.25, 0.3) is 0 Å². The van der Waals surface area contributed by atoms with Crippen LogP contribution >= 0.6 is 0 Å². The van der Waals surface area contributed by atoms with Crippen molar-refractivity contribution in [3.8, 4) is 0 Å². The summed E-state index contributed by atoms with van der Waals surface area (Å²) < 4.78 is 0. The van der Waals surface area contributed by atoms with E-state index in [1.54, 1.807) is 0 Å². The van der Waals surface area contributed by atoms with Gasteiger partial charge in [0.2, 0.25) is 0 Å². The fourth-order valence-electron chi connectivity index (χ4n) is 3.82. The molecule has 0 radical (unpaired) electrons. The Hall–Kier alpha value is -1.86. The summed E-state index contributed by atoms with van der Waals surface area (Å²) in [6, 6.07) is 17.7. The molecule has 0 saturated heterocycles. The maximum atomic E-state index is 6.16. The van der Waals surface area contributed by atoms with E-state index < -0.39 is 0 Å². The average Bonchev–Trinajstić information content (AvgIpc) is 2.62. The van der Waals surface area contributed by atoms with E-state index in [0.717, 1.165) is 6.42 Å². The van der Waals surface area contributed by atoms with Crippen LogP contribution < -0.4 is 5.73 Å². The summed E-state index contributed by atoms with van der Waals surface area (Å²) in [5.41, 5.74) is 8.94. The molecule has 3 aromatic carbocycles. The van der Waals surface area contributed by atoms with E-state index in [1.165, 1.54) is 71.2 Å². The third kappa shape index (κ3) is 3.62. The Morgan fingerprint density at radius 1 is 0.792 bits per heavy atom. The van der Waals surface area contributed by atoms with Crippen LogP contribution in [0.3, 0.4) is 0 Å². The number of rotatable bonds is 8. The number of hydrogen-bond donors (Lipinski definition) is 1. The van der Waals surface area contributed by atoms with Crippen molar-refractivity contribution >= 4 is 21.5 Å². The zero-order valence-electron chi connectivity index (χ0n) is 14.9. The molecule has 0 saturated carbocycles. The fourth-order valence-corrected chi connectivity index (χ4v) is 3.82. The van der Waals surface area contributed by atoms with Gasteiger partial charge in [0.15, 0.2) is 0 Å². The molecule has 0 spiro atoms. The monoisotopic (exact) mass is 319 g/mol. The van der Waals surface area contributed by atoms with Gasteiger partial charge in [0, 0.05) is 6.54 Å². The molecular weight excluding hydrogens is 290 g/mol. The maximum absolute atomic E-state index is 6.16. The highest BCUT2D eigenvalue weighted by Gasteiger charge is 2.10. The van der Waals surface area contributed by atoms with Crippen LogP contribution in [-0.4, -0.2) is 0 Å². The van der Waals surface area contributed by atoms with Gasteiger partial charge in [-0.25, -0.2) is 0 Å².